The predicted octanol–water partition coefficient (Wildman–Crippen LogP) is 3.01. The fourth-order valence-corrected chi connectivity index (χ4v) is 3.14. The minimum atomic E-state index is -3.54. The summed E-state index contributed by atoms with van der Waals surface area (Å²) in [6, 6.07) is 14.1. The van der Waals surface area contributed by atoms with E-state index in [-0.39, 0.29) is 18.0 Å². The quantitative estimate of drug-likeness (QED) is 0.707. The second kappa shape index (κ2) is 8.70. The molecule has 2 aromatic rings. The topological polar surface area (TPSA) is 64.6 Å². The second-order valence-electron chi connectivity index (χ2n) is 5.15. The molecule has 24 heavy (non-hydrogen) atoms. The summed E-state index contributed by atoms with van der Waals surface area (Å²) >= 11 is 0. The monoisotopic (exact) mass is 349 g/mol. The fourth-order valence-electron chi connectivity index (χ4n) is 2.13. The van der Waals surface area contributed by atoms with Crippen LogP contribution in [-0.2, 0) is 16.4 Å². The lowest BCUT2D eigenvalue weighted by molar-refractivity contribution is 0.322. The molecule has 0 amide bonds. The SMILES string of the molecule is CCOc1ccc(S(=O)(=O)NCCOc2ccc(CC)cc2)cc1. The standard InChI is InChI=1S/C18H23NO4S/c1-3-15-5-7-17(8-6-15)23-14-13-19-24(20,21)18-11-9-16(10-12-18)22-4-2/h5-12,19H,3-4,13-14H2,1-2H3. The van der Waals surface area contributed by atoms with Gasteiger partial charge >= 0.3 is 0 Å². The number of rotatable bonds is 9. The van der Waals surface area contributed by atoms with Gasteiger partial charge in [0, 0.05) is 6.54 Å². The summed E-state index contributed by atoms with van der Waals surface area (Å²) < 4.78 is 37.7. The van der Waals surface area contributed by atoms with Gasteiger partial charge in [0.05, 0.1) is 11.5 Å². The molecular formula is C18H23NO4S. The van der Waals surface area contributed by atoms with Gasteiger partial charge in [-0.25, -0.2) is 13.1 Å². The van der Waals surface area contributed by atoms with E-state index in [1.807, 2.05) is 31.2 Å². The summed E-state index contributed by atoms with van der Waals surface area (Å²) in [6.45, 7) is 4.97. The maximum Gasteiger partial charge on any atom is 0.240 e. The molecule has 0 aliphatic carbocycles. The van der Waals surface area contributed by atoms with Gasteiger partial charge in [-0.3, -0.25) is 0 Å². The molecule has 2 rings (SSSR count). The first-order valence-corrected chi connectivity index (χ1v) is 9.47. The minimum absolute atomic E-state index is 0.199. The highest BCUT2D eigenvalue weighted by Crippen LogP contribution is 2.16. The van der Waals surface area contributed by atoms with Crippen molar-refractivity contribution in [1.29, 1.82) is 0 Å². The van der Waals surface area contributed by atoms with Crippen molar-refractivity contribution in [3.05, 3.63) is 54.1 Å². The van der Waals surface area contributed by atoms with Crippen molar-refractivity contribution in [3.63, 3.8) is 0 Å². The zero-order valence-corrected chi connectivity index (χ0v) is 14.8. The molecule has 0 bridgehead atoms. The van der Waals surface area contributed by atoms with Crippen molar-refractivity contribution in [3.8, 4) is 11.5 Å². The molecule has 1 N–H and O–H groups in total. The maximum absolute atomic E-state index is 12.2. The molecule has 5 nitrogen and oxygen atoms in total. The Balaban J connectivity index is 1.83. The average molecular weight is 349 g/mol. The van der Waals surface area contributed by atoms with E-state index in [1.54, 1.807) is 12.1 Å². The van der Waals surface area contributed by atoms with Gasteiger partial charge in [-0.05, 0) is 55.3 Å². The third-order valence-electron chi connectivity index (χ3n) is 3.44. The average Bonchev–Trinajstić information content (AvgIpc) is 2.60. The van der Waals surface area contributed by atoms with Crippen LogP contribution in [0.4, 0.5) is 0 Å². The van der Waals surface area contributed by atoms with Crippen LogP contribution in [0.25, 0.3) is 0 Å². The third-order valence-corrected chi connectivity index (χ3v) is 4.92. The molecule has 0 atom stereocenters. The summed E-state index contributed by atoms with van der Waals surface area (Å²) in [4.78, 5) is 0.207. The summed E-state index contributed by atoms with van der Waals surface area (Å²) in [5, 5.41) is 0. The highest BCUT2D eigenvalue weighted by Gasteiger charge is 2.13. The first-order valence-electron chi connectivity index (χ1n) is 7.99. The molecule has 6 heteroatoms. The molecular weight excluding hydrogens is 326 g/mol. The zero-order chi connectivity index (χ0) is 17.4. The molecule has 0 fully saturated rings. The van der Waals surface area contributed by atoms with E-state index in [0.29, 0.717) is 12.4 Å². The minimum Gasteiger partial charge on any atom is -0.494 e. The maximum atomic E-state index is 12.2. The van der Waals surface area contributed by atoms with Crippen LogP contribution in [0.3, 0.4) is 0 Å². The van der Waals surface area contributed by atoms with Crippen molar-refractivity contribution in [2.75, 3.05) is 19.8 Å². The molecule has 0 saturated heterocycles. The summed E-state index contributed by atoms with van der Waals surface area (Å²) in [7, 11) is -3.54. The molecule has 0 radical (unpaired) electrons. The molecule has 0 unspecified atom stereocenters. The van der Waals surface area contributed by atoms with Crippen LogP contribution in [0, 0.1) is 0 Å². The van der Waals surface area contributed by atoms with Crippen LogP contribution in [0.1, 0.15) is 19.4 Å². The van der Waals surface area contributed by atoms with Gasteiger partial charge in [-0.15, -0.1) is 0 Å². The van der Waals surface area contributed by atoms with Gasteiger partial charge in [0.2, 0.25) is 10.0 Å². The van der Waals surface area contributed by atoms with Gasteiger partial charge in [0.25, 0.3) is 0 Å². The highest BCUT2D eigenvalue weighted by molar-refractivity contribution is 7.89. The summed E-state index contributed by atoms with van der Waals surface area (Å²) in [5.41, 5.74) is 1.23. The molecule has 0 aliphatic rings. The van der Waals surface area contributed by atoms with Gasteiger partial charge in [0.1, 0.15) is 18.1 Å². The van der Waals surface area contributed by atoms with E-state index in [1.165, 1.54) is 17.7 Å². The van der Waals surface area contributed by atoms with Gasteiger partial charge < -0.3 is 9.47 Å². The molecule has 2 aromatic carbocycles. The van der Waals surface area contributed by atoms with Crippen LogP contribution in [0.2, 0.25) is 0 Å². The molecule has 130 valence electrons. The van der Waals surface area contributed by atoms with Crippen LogP contribution in [0.5, 0.6) is 11.5 Å². The van der Waals surface area contributed by atoms with E-state index in [2.05, 4.69) is 11.6 Å². The fraction of sp³-hybridized carbons (Fsp3) is 0.333. The van der Waals surface area contributed by atoms with Crippen molar-refractivity contribution in [1.82, 2.24) is 4.72 Å². The van der Waals surface area contributed by atoms with Gasteiger partial charge in [0.15, 0.2) is 0 Å². The van der Waals surface area contributed by atoms with E-state index in [0.717, 1.165) is 12.2 Å². The van der Waals surface area contributed by atoms with Gasteiger partial charge in [-0.2, -0.15) is 0 Å². The number of nitrogens with one attached hydrogen (secondary N) is 1. The predicted molar refractivity (Wildman–Crippen MR) is 94.1 cm³/mol. The van der Waals surface area contributed by atoms with Crippen LogP contribution in [-0.4, -0.2) is 28.2 Å². The Kier molecular flexibility index (Phi) is 6.63. The first kappa shape index (κ1) is 18.3. The Bertz CT molecular complexity index is 725. The Hall–Kier alpha value is -2.05. The van der Waals surface area contributed by atoms with Crippen molar-refractivity contribution in [2.24, 2.45) is 0 Å². The van der Waals surface area contributed by atoms with Gasteiger partial charge in [-0.1, -0.05) is 19.1 Å². The Labute approximate surface area is 143 Å². The lowest BCUT2D eigenvalue weighted by Crippen LogP contribution is -2.28. The first-order chi connectivity index (χ1) is 11.5. The third kappa shape index (κ3) is 5.25. The van der Waals surface area contributed by atoms with E-state index < -0.39 is 10.0 Å². The van der Waals surface area contributed by atoms with Crippen molar-refractivity contribution in [2.45, 2.75) is 25.2 Å². The number of benzene rings is 2. The highest BCUT2D eigenvalue weighted by atomic mass is 32.2. The summed E-state index contributed by atoms with van der Waals surface area (Å²) in [5.74, 6) is 1.38. The Morgan fingerprint density at radius 3 is 2.04 bits per heavy atom. The van der Waals surface area contributed by atoms with E-state index >= 15 is 0 Å². The number of aryl methyl sites for hydroxylation is 1. The van der Waals surface area contributed by atoms with Crippen LogP contribution >= 0.6 is 0 Å². The lowest BCUT2D eigenvalue weighted by Gasteiger charge is -2.09. The normalized spacial score (nSPS) is 11.2. The number of hydrogen-bond donors (Lipinski definition) is 1. The Morgan fingerprint density at radius 1 is 0.875 bits per heavy atom. The number of sulfonamides is 1. The smallest absolute Gasteiger partial charge is 0.240 e. The van der Waals surface area contributed by atoms with Crippen LogP contribution < -0.4 is 14.2 Å². The lowest BCUT2D eigenvalue weighted by atomic mass is 10.2. The molecule has 0 aliphatic heterocycles. The molecule has 0 aromatic heterocycles. The van der Waals surface area contributed by atoms with Crippen molar-refractivity contribution >= 4 is 10.0 Å². The summed E-state index contributed by atoms with van der Waals surface area (Å²) in [6.07, 6.45) is 0.974. The molecule has 0 heterocycles. The largest absolute Gasteiger partial charge is 0.494 e. The van der Waals surface area contributed by atoms with E-state index in [4.69, 9.17) is 9.47 Å². The second-order valence-corrected chi connectivity index (χ2v) is 6.92. The number of ether oxygens (including phenoxy) is 2. The van der Waals surface area contributed by atoms with Crippen molar-refractivity contribution < 1.29 is 17.9 Å². The zero-order valence-electron chi connectivity index (χ0n) is 14.0. The van der Waals surface area contributed by atoms with E-state index in [9.17, 15) is 8.42 Å². The van der Waals surface area contributed by atoms with Crippen LogP contribution in [0.15, 0.2) is 53.4 Å². The number of hydrogen-bond acceptors (Lipinski definition) is 4. The molecule has 0 spiro atoms. The Morgan fingerprint density at radius 2 is 1.46 bits per heavy atom. The molecule has 0 saturated carbocycles.